The fraction of sp³-hybridized carbons (Fsp3) is 0.424. The first-order valence-corrected chi connectivity index (χ1v) is 15.4. The number of piperidine rings is 1. The average Bonchev–Trinajstić information content (AvgIpc) is 3.60. The van der Waals surface area contributed by atoms with E-state index < -0.39 is 23.5 Å². The molecule has 2 atom stereocenters. The number of hydrogen-bond donors (Lipinski definition) is 3. The number of hydrogen-bond acceptors (Lipinski definition) is 8. The van der Waals surface area contributed by atoms with Gasteiger partial charge >= 0.3 is 0 Å². The Balaban J connectivity index is 1.34. The van der Waals surface area contributed by atoms with E-state index in [0.29, 0.717) is 31.7 Å². The van der Waals surface area contributed by atoms with Gasteiger partial charge in [-0.1, -0.05) is 30.3 Å². The molecule has 0 saturated carbocycles. The number of rotatable bonds is 11. The Kier molecular flexibility index (Phi) is 9.90. The topological polar surface area (TPSA) is 155 Å². The molecule has 1 spiro atoms. The summed E-state index contributed by atoms with van der Waals surface area (Å²) in [5.74, 6) is -0.371. The van der Waals surface area contributed by atoms with Gasteiger partial charge < -0.3 is 40.4 Å². The lowest BCUT2D eigenvalue weighted by molar-refractivity contribution is -0.141. The molecule has 13 heteroatoms. The van der Waals surface area contributed by atoms with E-state index in [4.69, 9.17) is 10.5 Å². The van der Waals surface area contributed by atoms with E-state index in [9.17, 15) is 19.2 Å². The number of benzene rings is 2. The van der Waals surface area contributed by atoms with E-state index >= 15 is 0 Å². The van der Waals surface area contributed by atoms with Crippen LogP contribution in [0.4, 0.5) is 5.69 Å². The highest BCUT2D eigenvalue weighted by Gasteiger charge is 2.54. The highest BCUT2D eigenvalue weighted by Crippen LogP contribution is 2.39. The number of anilines is 1. The summed E-state index contributed by atoms with van der Waals surface area (Å²) >= 11 is 0. The van der Waals surface area contributed by atoms with Crippen LogP contribution in [0.2, 0.25) is 0 Å². The molecule has 2 fully saturated rings. The number of para-hydroxylation sites is 1. The summed E-state index contributed by atoms with van der Waals surface area (Å²) in [6.45, 7) is 0.836. The van der Waals surface area contributed by atoms with Crippen LogP contribution >= 0.6 is 0 Å². The van der Waals surface area contributed by atoms with Crippen molar-refractivity contribution in [1.29, 1.82) is 0 Å². The minimum Gasteiger partial charge on any atom is -0.497 e. The number of likely N-dealkylation sites (tertiary alicyclic amines) is 1. The third-order valence-electron chi connectivity index (χ3n) is 8.99. The molecule has 2 aliphatic heterocycles. The Bertz CT molecular complexity index is 1530. The van der Waals surface area contributed by atoms with Gasteiger partial charge in [-0.25, -0.2) is 4.98 Å². The minimum absolute atomic E-state index is 0.0435. The van der Waals surface area contributed by atoms with Crippen molar-refractivity contribution in [2.24, 2.45) is 12.8 Å². The first-order valence-electron chi connectivity index (χ1n) is 15.4. The van der Waals surface area contributed by atoms with Crippen LogP contribution in [0.25, 0.3) is 0 Å². The molecule has 0 aliphatic carbocycles. The molecule has 2 unspecified atom stereocenters. The standard InChI is InChI=1S/C33H42N8O5/c1-35-29(42)20-40-22-41(24-7-5-4-6-8-24)33(32(40)45)13-15-39(16-14-33)31(44)28(17-23-9-11-26(46-3)12-10-23)37-30(43)27(34)18-25-19-36-21-38(25)2/h4-12,19,21,27-28H,13-18,20,22,34H2,1-3H3,(H,35,42)(H,37,43). The zero-order valence-corrected chi connectivity index (χ0v) is 26.5. The summed E-state index contributed by atoms with van der Waals surface area (Å²) in [6.07, 6.45) is 4.58. The Morgan fingerprint density at radius 2 is 1.74 bits per heavy atom. The molecule has 4 N–H and O–H groups in total. The van der Waals surface area contributed by atoms with Gasteiger partial charge in [0, 0.05) is 57.6 Å². The number of nitrogens with one attached hydrogen (secondary N) is 2. The minimum atomic E-state index is -0.896. The lowest BCUT2D eigenvalue weighted by Gasteiger charge is -2.44. The van der Waals surface area contributed by atoms with Gasteiger partial charge in [0.15, 0.2) is 0 Å². The fourth-order valence-corrected chi connectivity index (χ4v) is 6.27. The predicted octanol–water partition coefficient (Wildman–Crippen LogP) is 0.440. The molecule has 46 heavy (non-hydrogen) atoms. The van der Waals surface area contributed by atoms with Gasteiger partial charge in [0.2, 0.25) is 17.7 Å². The van der Waals surface area contributed by atoms with Gasteiger partial charge in [0.1, 0.15) is 23.9 Å². The van der Waals surface area contributed by atoms with Gasteiger partial charge in [-0.15, -0.1) is 0 Å². The Morgan fingerprint density at radius 3 is 2.35 bits per heavy atom. The number of nitrogens with zero attached hydrogens (tertiary/aromatic N) is 5. The molecule has 13 nitrogen and oxygen atoms in total. The van der Waals surface area contributed by atoms with Crippen molar-refractivity contribution in [1.82, 2.24) is 30.0 Å². The maximum atomic E-state index is 14.1. The van der Waals surface area contributed by atoms with Gasteiger partial charge in [-0.2, -0.15) is 0 Å². The first kappa shape index (κ1) is 32.5. The van der Waals surface area contributed by atoms with Crippen LogP contribution in [0, 0.1) is 0 Å². The summed E-state index contributed by atoms with van der Waals surface area (Å²) < 4.78 is 7.08. The zero-order valence-electron chi connectivity index (χ0n) is 26.5. The molecule has 244 valence electrons. The summed E-state index contributed by atoms with van der Waals surface area (Å²) in [5, 5.41) is 5.51. The normalized spacial score (nSPS) is 17.1. The van der Waals surface area contributed by atoms with Crippen LogP contribution in [-0.2, 0) is 39.1 Å². The van der Waals surface area contributed by atoms with E-state index in [2.05, 4.69) is 15.6 Å². The maximum absolute atomic E-state index is 14.1. The summed E-state index contributed by atoms with van der Waals surface area (Å²) in [7, 11) is 4.96. The Labute approximate surface area is 268 Å². The number of imidazole rings is 1. The SMILES string of the molecule is CNC(=O)CN1CN(c2ccccc2)C2(CCN(C(=O)C(Cc3ccc(OC)cc3)NC(=O)C(N)Cc3cncn3C)CC2)C1=O. The van der Waals surface area contributed by atoms with Crippen molar-refractivity contribution in [3.05, 3.63) is 78.4 Å². The van der Waals surface area contributed by atoms with Crippen molar-refractivity contribution in [3.63, 3.8) is 0 Å². The second kappa shape index (κ2) is 14.0. The van der Waals surface area contributed by atoms with E-state index in [1.807, 2.05) is 66.5 Å². The Morgan fingerprint density at radius 1 is 1.04 bits per heavy atom. The van der Waals surface area contributed by atoms with E-state index in [0.717, 1.165) is 16.9 Å². The zero-order chi connectivity index (χ0) is 32.8. The molecule has 3 aromatic rings. The molecule has 4 amide bonds. The van der Waals surface area contributed by atoms with Crippen molar-refractivity contribution in [3.8, 4) is 5.75 Å². The highest BCUT2D eigenvalue weighted by molar-refractivity contribution is 5.96. The highest BCUT2D eigenvalue weighted by atomic mass is 16.5. The molecular formula is C33H42N8O5. The number of aryl methyl sites for hydroxylation is 1. The molecule has 2 saturated heterocycles. The number of nitrogens with two attached hydrogens (primary N) is 1. The molecule has 1 aromatic heterocycles. The Hall–Kier alpha value is -4.91. The third-order valence-corrected chi connectivity index (χ3v) is 8.99. The van der Waals surface area contributed by atoms with E-state index in [-0.39, 0.29) is 43.8 Å². The molecule has 0 radical (unpaired) electrons. The fourth-order valence-electron chi connectivity index (χ4n) is 6.27. The summed E-state index contributed by atoms with van der Waals surface area (Å²) in [5.41, 5.74) is 7.92. The molecule has 5 rings (SSSR count). The van der Waals surface area contributed by atoms with Crippen LogP contribution in [0.15, 0.2) is 67.1 Å². The van der Waals surface area contributed by atoms with Crippen molar-refractivity contribution < 1.29 is 23.9 Å². The number of carbonyl (C=O) groups excluding carboxylic acids is 4. The van der Waals surface area contributed by atoms with Crippen LogP contribution in [-0.4, -0.2) is 101 Å². The average molecular weight is 631 g/mol. The number of amides is 4. The smallest absolute Gasteiger partial charge is 0.250 e. The van der Waals surface area contributed by atoms with E-state index in [1.54, 1.807) is 41.0 Å². The second-order valence-corrected chi connectivity index (χ2v) is 11.9. The molecule has 3 heterocycles. The van der Waals surface area contributed by atoms with Gasteiger partial charge in [-0.05, 0) is 42.7 Å². The first-order chi connectivity index (χ1) is 22.1. The molecule has 2 aliphatic rings. The van der Waals surface area contributed by atoms with Crippen molar-refractivity contribution >= 4 is 29.3 Å². The summed E-state index contributed by atoms with van der Waals surface area (Å²) in [6, 6.07) is 15.2. The number of carbonyl (C=O) groups is 4. The van der Waals surface area contributed by atoms with Gasteiger partial charge in [0.05, 0.1) is 26.1 Å². The second-order valence-electron chi connectivity index (χ2n) is 11.9. The maximum Gasteiger partial charge on any atom is 0.250 e. The largest absolute Gasteiger partial charge is 0.497 e. The number of aromatic nitrogens is 2. The molecule has 0 bridgehead atoms. The summed E-state index contributed by atoms with van der Waals surface area (Å²) in [4.78, 5) is 63.0. The van der Waals surface area contributed by atoms with Crippen LogP contribution < -0.4 is 26.0 Å². The lowest BCUT2D eigenvalue weighted by atomic mass is 9.85. The lowest BCUT2D eigenvalue weighted by Crippen LogP contribution is -2.60. The van der Waals surface area contributed by atoms with Crippen molar-refractivity contribution in [2.75, 3.05) is 45.4 Å². The van der Waals surface area contributed by atoms with Crippen LogP contribution in [0.5, 0.6) is 5.75 Å². The molecular weight excluding hydrogens is 588 g/mol. The van der Waals surface area contributed by atoms with Crippen molar-refractivity contribution in [2.45, 2.75) is 43.3 Å². The van der Waals surface area contributed by atoms with E-state index in [1.165, 1.54) is 0 Å². The predicted molar refractivity (Wildman–Crippen MR) is 172 cm³/mol. The number of ether oxygens (including phenoxy) is 1. The molecule has 2 aromatic carbocycles. The van der Waals surface area contributed by atoms with Crippen LogP contribution in [0.1, 0.15) is 24.1 Å². The monoisotopic (exact) mass is 630 g/mol. The quantitative estimate of drug-likeness (QED) is 0.276. The number of likely N-dealkylation sites (N-methyl/N-ethyl adjacent to an activating group) is 1. The third kappa shape index (κ3) is 6.84. The van der Waals surface area contributed by atoms with Gasteiger partial charge in [0.25, 0.3) is 5.91 Å². The van der Waals surface area contributed by atoms with Crippen LogP contribution in [0.3, 0.4) is 0 Å². The van der Waals surface area contributed by atoms with Gasteiger partial charge in [-0.3, -0.25) is 19.2 Å². The number of methoxy groups -OCH3 is 1.